The third-order valence-electron chi connectivity index (χ3n) is 6.66. The quantitative estimate of drug-likeness (QED) is 0.591. The van der Waals surface area contributed by atoms with Crippen molar-refractivity contribution < 1.29 is 22.7 Å². The molecule has 33 heavy (non-hydrogen) atoms. The molecule has 1 fully saturated rings. The minimum absolute atomic E-state index is 0.0875. The lowest BCUT2D eigenvalue weighted by Gasteiger charge is -2.39. The van der Waals surface area contributed by atoms with Crippen molar-refractivity contribution >= 4 is 15.7 Å². The van der Waals surface area contributed by atoms with Gasteiger partial charge in [0.15, 0.2) is 0 Å². The molecule has 8 heteroatoms. The summed E-state index contributed by atoms with van der Waals surface area (Å²) >= 11 is 0. The number of hydrogen-bond acceptors (Lipinski definition) is 5. The molecule has 2 heterocycles. The number of aliphatic hydroxyl groups excluding tert-OH is 1. The van der Waals surface area contributed by atoms with Crippen molar-refractivity contribution in [2.45, 2.75) is 23.4 Å². The standard InChI is InChI=1S/C25H25FN2O4S/c1-32-23-4-2-3-5-24(23)33(30,31)28-13-12-19-22(15-29)27-21-11-8-17(14-20(21)25(19)28)16-6-9-18(26)10-7-16/h2-11,14,19,22,25,27,29H,12-13,15H2,1H3/t19-,22+,25-/m1/s1. The van der Waals surface area contributed by atoms with E-state index in [0.717, 1.165) is 22.4 Å². The third kappa shape index (κ3) is 3.68. The molecule has 6 nitrogen and oxygen atoms in total. The number of benzene rings is 3. The van der Waals surface area contributed by atoms with Crippen molar-refractivity contribution in [2.24, 2.45) is 5.92 Å². The summed E-state index contributed by atoms with van der Waals surface area (Å²) in [6.45, 7) is 0.247. The van der Waals surface area contributed by atoms with Crippen molar-refractivity contribution in [3.05, 3.63) is 78.1 Å². The first-order valence-corrected chi connectivity index (χ1v) is 12.3. The lowest BCUT2D eigenvalue weighted by Crippen LogP contribution is -2.42. The summed E-state index contributed by atoms with van der Waals surface area (Å²) in [5, 5.41) is 13.4. The second-order valence-electron chi connectivity index (χ2n) is 8.41. The second-order valence-corrected chi connectivity index (χ2v) is 10.3. The Kier molecular flexibility index (Phi) is 5.60. The number of ether oxygens (including phenoxy) is 1. The van der Waals surface area contributed by atoms with Gasteiger partial charge in [0.05, 0.1) is 25.8 Å². The van der Waals surface area contributed by atoms with Crippen LogP contribution in [0.15, 0.2) is 71.6 Å². The maximum atomic E-state index is 13.8. The Morgan fingerprint density at radius 3 is 2.55 bits per heavy atom. The molecule has 0 aromatic heterocycles. The Morgan fingerprint density at radius 2 is 1.82 bits per heavy atom. The molecule has 2 N–H and O–H groups in total. The maximum absolute atomic E-state index is 13.8. The van der Waals surface area contributed by atoms with Crippen molar-refractivity contribution in [1.29, 1.82) is 0 Å². The summed E-state index contributed by atoms with van der Waals surface area (Å²) in [5.41, 5.74) is 3.36. The summed E-state index contributed by atoms with van der Waals surface area (Å²) in [7, 11) is -2.40. The smallest absolute Gasteiger partial charge is 0.247 e. The molecule has 0 aliphatic carbocycles. The first-order valence-electron chi connectivity index (χ1n) is 10.9. The Bertz CT molecular complexity index is 1280. The predicted molar refractivity (Wildman–Crippen MR) is 124 cm³/mol. The van der Waals surface area contributed by atoms with Gasteiger partial charge in [-0.2, -0.15) is 4.31 Å². The van der Waals surface area contributed by atoms with Gasteiger partial charge in [0.2, 0.25) is 10.0 Å². The molecule has 1 saturated heterocycles. The van der Waals surface area contributed by atoms with Crippen LogP contribution < -0.4 is 10.1 Å². The summed E-state index contributed by atoms with van der Waals surface area (Å²) in [5.74, 6) is -0.0987. The number of hydrogen-bond donors (Lipinski definition) is 2. The molecule has 0 saturated carbocycles. The molecule has 0 amide bonds. The topological polar surface area (TPSA) is 78.9 Å². The number of fused-ring (bicyclic) bond motifs is 3. The summed E-state index contributed by atoms with van der Waals surface area (Å²) < 4.78 is 47.9. The Balaban J connectivity index is 1.62. The maximum Gasteiger partial charge on any atom is 0.247 e. The minimum Gasteiger partial charge on any atom is -0.495 e. The molecule has 2 aliphatic heterocycles. The van der Waals surface area contributed by atoms with E-state index < -0.39 is 16.1 Å². The van der Waals surface area contributed by atoms with Gasteiger partial charge in [-0.15, -0.1) is 0 Å². The minimum atomic E-state index is -3.86. The van der Waals surface area contributed by atoms with Crippen LogP contribution in [0.2, 0.25) is 0 Å². The van der Waals surface area contributed by atoms with E-state index in [1.807, 2.05) is 18.2 Å². The average Bonchev–Trinajstić information content (AvgIpc) is 3.30. The number of rotatable bonds is 5. The molecular formula is C25H25FN2O4S. The average molecular weight is 469 g/mol. The van der Waals surface area contributed by atoms with Crippen LogP contribution in [0.3, 0.4) is 0 Å². The fourth-order valence-electron chi connectivity index (χ4n) is 5.07. The largest absolute Gasteiger partial charge is 0.495 e. The Hall–Kier alpha value is -2.94. The third-order valence-corrected chi connectivity index (χ3v) is 8.58. The monoisotopic (exact) mass is 468 g/mol. The first-order chi connectivity index (χ1) is 15.9. The molecule has 3 atom stereocenters. The van der Waals surface area contributed by atoms with Crippen molar-refractivity contribution in [2.75, 3.05) is 25.6 Å². The number of methoxy groups -OCH3 is 1. The van der Waals surface area contributed by atoms with Crippen LogP contribution in [-0.4, -0.2) is 44.1 Å². The number of halogens is 1. The lowest BCUT2D eigenvalue weighted by atomic mass is 9.82. The summed E-state index contributed by atoms with van der Waals surface area (Å²) in [6.07, 6.45) is 0.623. The number of anilines is 1. The molecule has 3 aromatic rings. The lowest BCUT2D eigenvalue weighted by molar-refractivity contribution is 0.210. The fraction of sp³-hybridized carbons (Fsp3) is 0.280. The van der Waals surface area contributed by atoms with E-state index in [0.29, 0.717) is 18.7 Å². The van der Waals surface area contributed by atoms with Crippen molar-refractivity contribution in [3.63, 3.8) is 0 Å². The highest BCUT2D eigenvalue weighted by Gasteiger charge is 2.49. The number of nitrogens with one attached hydrogen (secondary N) is 1. The van der Waals surface area contributed by atoms with Crippen molar-refractivity contribution in [3.8, 4) is 16.9 Å². The second kappa shape index (κ2) is 8.44. The van der Waals surface area contributed by atoms with E-state index in [1.54, 1.807) is 36.4 Å². The Morgan fingerprint density at radius 1 is 1.09 bits per heavy atom. The fourth-order valence-corrected chi connectivity index (χ4v) is 6.89. The summed E-state index contributed by atoms with van der Waals surface area (Å²) in [6, 6.07) is 17.9. The van der Waals surface area contributed by atoms with E-state index >= 15 is 0 Å². The molecule has 0 bridgehead atoms. The highest BCUT2D eigenvalue weighted by molar-refractivity contribution is 7.89. The number of sulfonamides is 1. The van der Waals surface area contributed by atoms with E-state index in [9.17, 15) is 17.9 Å². The first kappa shape index (κ1) is 21.9. The molecule has 0 spiro atoms. The van der Waals surface area contributed by atoms with Gasteiger partial charge in [0.25, 0.3) is 0 Å². The van der Waals surface area contributed by atoms with E-state index in [4.69, 9.17) is 4.74 Å². The molecule has 2 aliphatic rings. The highest BCUT2D eigenvalue weighted by Crippen LogP contribution is 2.49. The molecule has 0 unspecified atom stereocenters. The van der Waals surface area contributed by atoms with Crippen LogP contribution in [0.1, 0.15) is 18.0 Å². The zero-order chi connectivity index (χ0) is 23.2. The van der Waals surface area contributed by atoms with Gasteiger partial charge in [0.1, 0.15) is 16.5 Å². The van der Waals surface area contributed by atoms with Gasteiger partial charge in [-0.1, -0.05) is 30.3 Å². The van der Waals surface area contributed by atoms with Crippen LogP contribution in [0.25, 0.3) is 11.1 Å². The van der Waals surface area contributed by atoms with Crippen LogP contribution in [0.4, 0.5) is 10.1 Å². The molecule has 3 aromatic carbocycles. The number of para-hydroxylation sites is 1. The molecule has 0 radical (unpaired) electrons. The van der Waals surface area contributed by atoms with Crippen molar-refractivity contribution in [1.82, 2.24) is 4.31 Å². The summed E-state index contributed by atoms with van der Waals surface area (Å²) in [4.78, 5) is 0.128. The molecule has 5 rings (SSSR count). The SMILES string of the molecule is COc1ccccc1S(=O)(=O)N1CC[C@@H]2[C@H](CO)Nc3ccc(-c4ccc(F)cc4)cc3[C@@H]21. The van der Waals surface area contributed by atoms with E-state index in [-0.39, 0.29) is 29.3 Å². The van der Waals surface area contributed by atoms with Gasteiger partial charge >= 0.3 is 0 Å². The predicted octanol–water partition coefficient (Wildman–Crippen LogP) is 4.04. The molecule has 172 valence electrons. The number of nitrogens with zero attached hydrogens (tertiary/aromatic N) is 1. The van der Waals surface area contributed by atoms with Gasteiger partial charge in [-0.3, -0.25) is 0 Å². The Labute approximate surface area is 192 Å². The van der Waals surface area contributed by atoms with Crippen LogP contribution in [0.5, 0.6) is 5.75 Å². The number of aliphatic hydroxyl groups is 1. The van der Waals surface area contributed by atoms with E-state index in [1.165, 1.54) is 23.5 Å². The zero-order valence-electron chi connectivity index (χ0n) is 18.1. The van der Waals surface area contributed by atoms with Gasteiger partial charge in [-0.05, 0) is 59.5 Å². The highest BCUT2D eigenvalue weighted by atomic mass is 32.2. The van der Waals surface area contributed by atoms with Gasteiger partial charge in [-0.25, -0.2) is 12.8 Å². The van der Waals surface area contributed by atoms with Gasteiger partial charge < -0.3 is 15.2 Å². The van der Waals surface area contributed by atoms with Gasteiger partial charge in [0, 0.05) is 18.2 Å². The zero-order valence-corrected chi connectivity index (χ0v) is 18.9. The van der Waals surface area contributed by atoms with Crippen LogP contribution >= 0.6 is 0 Å². The van der Waals surface area contributed by atoms with Crippen LogP contribution in [0, 0.1) is 11.7 Å². The molecular weight excluding hydrogens is 443 g/mol. The van der Waals surface area contributed by atoms with Crippen LogP contribution in [-0.2, 0) is 10.0 Å². The normalized spacial score (nSPS) is 22.3. The van der Waals surface area contributed by atoms with E-state index in [2.05, 4.69) is 5.32 Å².